The Hall–Kier alpha value is -8.02. The van der Waals surface area contributed by atoms with Crippen molar-refractivity contribution in [3.63, 3.8) is 0 Å². The number of ether oxygens (including phenoxy) is 1. The van der Waals surface area contributed by atoms with Crippen molar-refractivity contribution in [2.75, 3.05) is 9.80 Å². The molecule has 11 aromatic rings. The van der Waals surface area contributed by atoms with Gasteiger partial charge in [0.25, 0.3) is 0 Å². The van der Waals surface area contributed by atoms with Crippen molar-refractivity contribution < 1.29 is 13.6 Å². The lowest BCUT2D eigenvalue weighted by molar-refractivity contribution is 0.224. The molecule has 0 N–H and O–H groups in total. The van der Waals surface area contributed by atoms with E-state index in [1.54, 1.807) is 0 Å². The number of hydrogen-bond acceptors (Lipinski definition) is 5. The SMILES string of the molecule is Cc1cccc(N(c2cccc3c2OC2C(C(C)(C)C)=CC=CC32)c2cc3oc4c5ccccc5c(N(c5cccc(C)c5)c5cccc6c5oc5c(C(C)(C)C)cccc56)cc4c3c3ccccc23)c1. The highest BCUT2D eigenvalue weighted by Gasteiger charge is 2.42. The first-order valence-corrected chi connectivity index (χ1v) is 25.0. The summed E-state index contributed by atoms with van der Waals surface area (Å²) in [6, 6.07) is 59.4. The maximum absolute atomic E-state index is 7.29. The Kier molecular flexibility index (Phi) is 9.54. The average molecular weight is 925 g/mol. The second kappa shape index (κ2) is 15.7. The van der Waals surface area contributed by atoms with Crippen LogP contribution in [0.2, 0.25) is 0 Å². The monoisotopic (exact) mass is 924 g/mol. The van der Waals surface area contributed by atoms with Gasteiger partial charge in [-0.05, 0) is 89.2 Å². The predicted molar refractivity (Wildman–Crippen MR) is 297 cm³/mol. The highest BCUT2D eigenvalue weighted by atomic mass is 16.5. The molecular weight excluding hydrogens is 869 g/mol. The highest BCUT2D eigenvalue weighted by Crippen LogP contribution is 2.56. The highest BCUT2D eigenvalue weighted by molar-refractivity contribution is 6.28. The van der Waals surface area contributed by atoms with Gasteiger partial charge in [-0.15, -0.1) is 0 Å². The van der Waals surface area contributed by atoms with Gasteiger partial charge in [0.2, 0.25) is 0 Å². The number of furan rings is 2. The van der Waals surface area contributed by atoms with Crippen LogP contribution in [0.15, 0.2) is 196 Å². The number of aryl methyl sites for hydroxylation is 2. The molecule has 1 aliphatic heterocycles. The number of rotatable bonds is 6. The van der Waals surface area contributed by atoms with E-state index in [9.17, 15) is 0 Å². The van der Waals surface area contributed by atoms with Crippen LogP contribution in [-0.2, 0) is 5.41 Å². The lowest BCUT2D eigenvalue weighted by Gasteiger charge is -2.32. The van der Waals surface area contributed by atoms with Crippen molar-refractivity contribution in [1.29, 1.82) is 0 Å². The summed E-state index contributed by atoms with van der Waals surface area (Å²) in [6.07, 6.45) is 6.70. The van der Waals surface area contributed by atoms with E-state index in [1.165, 1.54) is 27.8 Å². The van der Waals surface area contributed by atoms with Gasteiger partial charge >= 0.3 is 0 Å². The number of anilines is 6. The molecule has 2 unspecified atom stereocenters. The van der Waals surface area contributed by atoms with Crippen molar-refractivity contribution in [3.05, 3.63) is 210 Å². The van der Waals surface area contributed by atoms with Gasteiger partial charge in [-0.2, -0.15) is 0 Å². The van der Waals surface area contributed by atoms with Crippen molar-refractivity contribution in [2.24, 2.45) is 5.41 Å². The molecule has 0 saturated carbocycles. The smallest absolute Gasteiger partial charge is 0.159 e. The molecule has 348 valence electrons. The first-order valence-electron chi connectivity index (χ1n) is 25.0. The fourth-order valence-electron chi connectivity index (χ4n) is 11.7. The maximum atomic E-state index is 7.29. The maximum Gasteiger partial charge on any atom is 0.159 e. The lowest BCUT2D eigenvalue weighted by Crippen LogP contribution is -2.30. The molecule has 3 heterocycles. The van der Waals surface area contributed by atoms with Gasteiger partial charge in [0.1, 0.15) is 28.6 Å². The molecule has 2 aromatic heterocycles. The number of benzene rings is 9. The van der Waals surface area contributed by atoms with Crippen LogP contribution < -0.4 is 14.5 Å². The zero-order chi connectivity index (χ0) is 48.5. The molecule has 9 aromatic carbocycles. The summed E-state index contributed by atoms with van der Waals surface area (Å²) in [4.78, 5) is 4.79. The van der Waals surface area contributed by atoms with Crippen LogP contribution in [0.1, 0.15) is 69.7 Å². The normalized spacial score (nSPS) is 15.7. The summed E-state index contributed by atoms with van der Waals surface area (Å²) >= 11 is 0. The summed E-state index contributed by atoms with van der Waals surface area (Å²) in [7, 11) is 0. The van der Waals surface area contributed by atoms with Crippen LogP contribution in [-0.4, -0.2) is 6.10 Å². The Bertz CT molecular complexity index is 4060. The molecule has 0 fully saturated rings. The van der Waals surface area contributed by atoms with E-state index < -0.39 is 0 Å². The molecule has 0 amide bonds. The van der Waals surface area contributed by atoms with Crippen LogP contribution in [0, 0.1) is 19.3 Å². The molecule has 71 heavy (non-hydrogen) atoms. The molecule has 0 radical (unpaired) electrons. The van der Waals surface area contributed by atoms with Gasteiger partial charge in [0.05, 0.1) is 22.7 Å². The Morgan fingerprint density at radius 3 is 1.70 bits per heavy atom. The standard InChI is InChI=1S/C66H56N2O3/c1-39-19-13-21-41(35-39)67(54-33-17-29-49-47-27-15-31-52(65(3,4)5)61(47)70-63(49)54)56-37-51-59-45-25-11-9-23-43(45)57(38-58(59)69-60(51)46-26-12-10-24-44(46)56)68(42-22-14-20-40(2)36-42)55-34-18-30-50-48-28-16-32-53(66(6,7)8)62(48)71-64(50)55/h9-38,48,62H,1-8H3. The number of allylic oxidation sites excluding steroid dienone is 2. The van der Waals surface area contributed by atoms with E-state index >= 15 is 0 Å². The molecule has 0 spiro atoms. The van der Waals surface area contributed by atoms with E-state index in [-0.39, 0.29) is 22.9 Å². The van der Waals surface area contributed by atoms with Crippen LogP contribution >= 0.6 is 0 Å². The Morgan fingerprint density at radius 2 is 1.01 bits per heavy atom. The van der Waals surface area contributed by atoms with Crippen molar-refractivity contribution in [2.45, 2.75) is 72.8 Å². The molecule has 0 bridgehead atoms. The largest absolute Gasteiger partial charge is 0.483 e. The average Bonchev–Trinajstić information content (AvgIpc) is 4.06. The molecule has 0 saturated heterocycles. The van der Waals surface area contributed by atoms with Gasteiger partial charge in [0.15, 0.2) is 5.58 Å². The molecular formula is C66H56N2O3. The van der Waals surface area contributed by atoms with E-state index in [2.05, 4.69) is 247 Å². The lowest BCUT2D eigenvalue weighted by atomic mass is 9.76. The summed E-state index contributed by atoms with van der Waals surface area (Å²) in [6.45, 7) is 17.9. The van der Waals surface area contributed by atoms with Gasteiger partial charge in [-0.1, -0.05) is 175 Å². The predicted octanol–water partition coefficient (Wildman–Crippen LogP) is 19.0. The molecule has 2 aliphatic rings. The van der Waals surface area contributed by atoms with Gasteiger partial charge in [-0.3, -0.25) is 0 Å². The number of nitrogens with zero attached hydrogens (tertiary/aromatic N) is 2. The van der Waals surface area contributed by atoms with Crippen LogP contribution in [0.25, 0.3) is 65.4 Å². The summed E-state index contributed by atoms with van der Waals surface area (Å²) in [5.74, 6) is 1.04. The molecule has 1 aliphatic carbocycles. The van der Waals surface area contributed by atoms with Gasteiger partial charge in [0, 0.05) is 72.2 Å². The first-order chi connectivity index (χ1) is 34.3. The quantitative estimate of drug-likeness (QED) is 0.166. The Balaban J connectivity index is 1.07. The van der Waals surface area contributed by atoms with E-state index in [0.717, 1.165) is 105 Å². The van der Waals surface area contributed by atoms with E-state index in [4.69, 9.17) is 13.6 Å². The number of fused-ring (bicyclic) bond motifs is 13. The minimum Gasteiger partial charge on any atom is -0.483 e. The molecule has 13 rings (SSSR count). The minimum atomic E-state index is -0.105. The first kappa shape index (κ1) is 43.0. The van der Waals surface area contributed by atoms with Crippen molar-refractivity contribution in [1.82, 2.24) is 0 Å². The third-order valence-corrected chi connectivity index (χ3v) is 15.0. The van der Waals surface area contributed by atoms with E-state index in [0.29, 0.717) is 0 Å². The van der Waals surface area contributed by atoms with Crippen LogP contribution in [0.3, 0.4) is 0 Å². The molecule has 5 nitrogen and oxygen atoms in total. The number of para-hydroxylation sites is 3. The third kappa shape index (κ3) is 6.73. The topological polar surface area (TPSA) is 42.0 Å². The fourth-order valence-corrected chi connectivity index (χ4v) is 11.7. The zero-order valence-electron chi connectivity index (χ0n) is 41.6. The fraction of sp³-hybridized carbons (Fsp3) is 0.182. The van der Waals surface area contributed by atoms with Gasteiger partial charge in [-0.25, -0.2) is 0 Å². The van der Waals surface area contributed by atoms with Crippen molar-refractivity contribution in [3.8, 4) is 5.75 Å². The third-order valence-electron chi connectivity index (χ3n) is 15.0. The summed E-state index contributed by atoms with van der Waals surface area (Å²) in [5, 5.41) is 8.66. The minimum absolute atomic E-state index is 0.0489. The van der Waals surface area contributed by atoms with Crippen molar-refractivity contribution >= 4 is 99.5 Å². The van der Waals surface area contributed by atoms with Crippen LogP contribution in [0.4, 0.5) is 34.1 Å². The van der Waals surface area contributed by atoms with Crippen LogP contribution in [0.5, 0.6) is 5.75 Å². The Morgan fingerprint density at radius 1 is 0.451 bits per heavy atom. The molecule has 2 atom stereocenters. The second-order valence-electron chi connectivity index (χ2n) is 21.8. The molecule has 5 heteroatoms. The number of hydrogen-bond donors (Lipinski definition) is 0. The second-order valence-corrected chi connectivity index (χ2v) is 21.8. The van der Waals surface area contributed by atoms with E-state index in [1.807, 2.05) is 0 Å². The summed E-state index contributed by atoms with van der Waals surface area (Å²) < 4.78 is 21.6. The Labute approximate surface area is 414 Å². The zero-order valence-corrected chi connectivity index (χ0v) is 41.6. The van der Waals surface area contributed by atoms with Gasteiger partial charge < -0.3 is 23.4 Å². The summed E-state index contributed by atoms with van der Waals surface area (Å²) in [5.41, 5.74) is 15.5.